The third-order valence-corrected chi connectivity index (χ3v) is 3.13. The van der Waals surface area contributed by atoms with E-state index in [2.05, 4.69) is 0 Å². The van der Waals surface area contributed by atoms with E-state index in [0.29, 0.717) is 0 Å². The molecule has 3 nitrogen and oxygen atoms in total. The van der Waals surface area contributed by atoms with Gasteiger partial charge in [0.15, 0.2) is 0 Å². The van der Waals surface area contributed by atoms with Crippen LogP contribution in [0, 0.1) is 0 Å². The van der Waals surface area contributed by atoms with Crippen molar-refractivity contribution in [2.75, 3.05) is 6.61 Å². The molecule has 0 amide bonds. The highest BCUT2D eigenvalue weighted by Gasteiger charge is 2.30. The van der Waals surface area contributed by atoms with Gasteiger partial charge in [-0.2, -0.15) is 0 Å². The number of carbonyl (C=O) groups is 1. The molecule has 98 valence electrons. The molecule has 0 aliphatic carbocycles. The van der Waals surface area contributed by atoms with Crippen LogP contribution in [-0.4, -0.2) is 17.7 Å². The van der Waals surface area contributed by atoms with Gasteiger partial charge in [0, 0.05) is 0 Å². The zero-order valence-corrected chi connectivity index (χ0v) is 10.7. The van der Waals surface area contributed by atoms with Gasteiger partial charge in [-0.25, -0.2) is 4.79 Å². The Kier molecular flexibility index (Phi) is 3.97. The van der Waals surface area contributed by atoms with Crippen LogP contribution in [0.5, 0.6) is 0 Å². The second-order valence-electron chi connectivity index (χ2n) is 4.45. The summed E-state index contributed by atoms with van der Waals surface area (Å²) in [5.41, 5.74) is 1.10. The maximum Gasteiger partial charge on any atom is 0.329 e. The maximum absolute atomic E-state index is 10.8. The third kappa shape index (κ3) is 3.01. The number of benzene rings is 2. The number of carboxylic acid groups (broad SMARTS) is 1. The first-order chi connectivity index (χ1) is 9.13. The van der Waals surface area contributed by atoms with Crippen LogP contribution in [-0.2, 0) is 15.1 Å². The first kappa shape index (κ1) is 13.3. The Hall–Kier alpha value is -2.13. The van der Waals surface area contributed by atoms with Gasteiger partial charge in [0.25, 0.3) is 0 Å². The molecule has 0 fully saturated rings. The second-order valence-corrected chi connectivity index (χ2v) is 4.45. The maximum atomic E-state index is 10.8. The molecule has 2 aromatic rings. The summed E-state index contributed by atoms with van der Waals surface area (Å²) < 4.78 is 5.66. The number of hydrogen-bond acceptors (Lipinski definition) is 2. The third-order valence-electron chi connectivity index (χ3n) is 3.13. The van der Waals surface area contributed by atoms with E-state index >= 15 is 0 Å². The SMILES string of the molecule is CC(OCC(=O)O)(c1ccccc1)c1ccccc1. The molecule has 2 aromatic carbocycles. The molecule has 19 heavy (non-hydrogen) atoms. The first-order valence-corrected chi connectivity index (χ1v) is 6.10. The van der Waals surface area contributed by atoms with Crippen molar-refractivity contribution in [2.45, 2.75) is 12.5 Å². The number of ether oxygens (including phenoxy) is 1. The lowest BCUT2D eigenvalue weighted by Gasteiger charge is -2.30. The van der Waals surface area contributed by atoms with E-state index < -0.39 is 11.6 Å². The van der Waals surface area contributed by atoms with Crippen LogP contribution in [0.25, 0.3) is 0 Å². The van der Waals surface area contributed by atoms with Gasteiger partial charge in [-0.05, 0) is 18.1 Å². The highest BCUT2D eigenvalue weighted by molar-refractivity contribution is 5.68. The molecule has 1 N–H and O–H groups in total. The van der Waals surface area contributed by atoms with E-state index in [4.69, 9.17) is 9.84 Å². The van der Waals surface area contributed by atoms with Gasteiger partial charge in [0.2, 0.25) is 0 Å². The minimum Gasteiger partial charge on any atom is -0.480 e. The zero-order valence-electron chi connectivity index (χ0n) is 10.7. The highest BCUT2D eigenvalue weighted by atomic mass is 16.5. The van der Waals surface area contributed by atoms with E-state index in [0.717, 1.165) is 11.1 Å². The van der Waals surface area contributed by atoms with Crippen molar-refractivity contribution in [3.05, 3.63) is 71.8 Å². The fourth-order valence-electron chi connectivity index (χ4n) is 2.05. The Labute approximate surface area is 112 Å². The van der Waals surface area contributed by atoms with Crippen LogP contribution in [0.15, 0.2) is 60.7 Å². The molecule has 0 bridgehead atoms. The molecule has 2 rings (SSSR count). The lowest BCUT2D eigenvalue weighted by molar-refractivity contribution is -0.147. The largest absolute Gasteiger partial charge is 0.480 e. The fraction of sp³-hybridized carbons (Fsp3) is 0.188. The molecule has 0 aliphatic rings. The van der Waals surface area contributed by atoms with Crippen LogP contribution in [0.1, 0.15) is 18.1 Å². The summed E-state index contributed by atoms with van der Waals surface area (Å²) in [6, 6.07) is 19.3. The van der Waals surface area contributed by atoms with E-state index in [-0.39, 0.29) is 6.61 Å². The number of carboxylic acids is 1. The predicted octanol–water partition coefficient (Wildman–Crippen LogP) is 3.05. The Balaban J connectivity index is 2.41. The Morgan fingerprint density at radius 3 is 1.79 bits per heavy atom. The summed E-state index contributed by atoms with van der Waals surface area (Å²) >= 11 is 0. The number of hydrogen-bond donors (Lipinski definition) is 1. The molecule has 0 saturated heterocycles. The number of rotatable bonds is 5. The van der Waals surface area contributed by atoms with Crippen molar-refractivity contribution in [3.8, 4) is 0 Å². The van der Waals surface area contributed by atoms with Gasteiger partial charge < -0.3 is 9.84 Å². The van der Waals surface area contributed by atoms with E-state index in [1.165, 1.54) is 0 Å². The monoisotopic (exact) mass is 256 g/mol. The van der Waals surface area contributed by atoms with Crippen molar-refractivity contribution in [3.63, 3.8) is 0 Å². The summed E-state index contributed by atoms with van der Waals surface area (Å²) in [6.07, 6.45) is 0. The minimum atomic E-state index is -0.974. The molecule has 0 spiro atoms. The van der Waals surface area contributed by atoms with Crippen LogP contribution in [0.2, 0.25) is 0 Å². The summed E-state index contributed by atoms with van der Waals surface area (Å²) in [7, 11) is 0. The summed E-state index contributed by atoms with van der Waals surface area (Å²) in [5.74, 6) is -0.974. The van der Waals surface area contributed by atoms with Gasteiger partial charge >= 0.3 is 5.97 Å². The van der Waals surface area contributed by atoms with E-state index in [1.807, 2.05) is 67.6 Å². The van der Waals surface area contributed by atoms with Crippen molar-refractivity contribution in [1.82, 2.24) is 0 Å². The van der Waals surface area contributed by atoms with Crippen molar-refractivity contribution in [1.29, 1.82) is 0 Å². The molecule has 0 atom stereocenters. The van der Waals surface area contributed by atoms with Gasteiger partial charge in [-0.1, -0.05) is 60.7 Å². The van der Waals surface area contributed by atoms with Gasteiger partial charge in [-0.15, -0.1) is 0 Å². The lowest BCUT2D eigenvalue weighted by atomic mass is 9.88. The van der Waals surface area contributed by atoms with Crippen LogP contribution < -0.4 is 0 Å². The molecule has 0 radical (unpaired) electrons. The minimum absolute atomic E-state index is 0.333. The van der Waals surface area contributed by atoms with Gasteiger partial charge in [0.05, 0.1) is 0 Å². The summed E-state index contributed by atoms with van der Waals surface area (Å²) in [5, 5.41) is 8.85. The molecule has 0 aliphatic heterocycles. The van der Waals surface area contributed by atoms with Crippen molar-refractivity contribution < 1.29 is 14.6 Å². The quantitative estimate of drug-likeness (QED) is 0.894. The highest BCUT2D eigenvalue weighted by Crippen LogP contribution is 2.32. The first-order valence-electron chi connectivity index (χ1n) is 6.10. The predicted molar refractivity (Wildman–Crippen MR) is 72.9 cm³/mol. The van der Waals surface area contributed by atoms with E-state index in [9.17, 15) is 4.79 Å². The van der Waals surface area contributed by atoms with Gasteiger partial charge in [-0.3, -0.25) is 0 Å². The zero-order chi connectivity index (χ0) is 13.7. The molecular formula is C16H16O3. The van der Waals surface area contributed by atoms with Crippen LogP contribution >= 0.6 is 0 Å². The molecular weight excluding hydrogens is 240 g/mol. The van der Waals surface area contributed by atoms with E-state index in [1.54, 1.807) is 0 Å². The topological polar surface area (TPSA) is 46.5 Å². The lowest BCUT2D eigenvalue weighted by Crippen LogP contribution is -2.30. The molecule has 0 saturated carbocycles. The normalized spacial score (nSPS) is 11.2. The summed E-state index contributed by atoms with van der Waals surface area (Å²) in [4.78, 5) is 10.8. The molecule has 0 heterocycles. The van der Waals surface area contributed by atoms with Gasteiger partial charge in [0.1, 0.15) is 12.2 Å². The average Bonchev–Trinajstić information content (AvgIpc) is 2.46. The van der Waals surface area contributed by atoms with Crippen molar-refractivity contribution in [2.24, 2.45) is 0 Å². The molecule has 0 unspecified atom stereocenters. The standard InChI is InChI=1S/C16H16O3/c1-16(19-12-15(17)18,13-8-4-2-5-9-13)14-10-6-3-7-11-14/h2-11H,12H2,1H3,(H,17,18). The Morgan fingerprint density at radius 2 is 1.42 bits per heavy atom. The number of aliphatic carboxylic acids is 1. The Bertz CT molecular complexity index is 495. The fourth-order valence-corrected chi connectivity index (χ4v) is 2.05. The molecule has 0 aromatic heterocycles. The smallest absolute Gasteiger partial charge is 0.329 e. The van der Waals surface area contributed by atoms with Crippen molar-refractivity contribution >= 4 is 5.97 Å². The summed E-state index contributed by atoms with van der Waals surface area (Å²) in [6.45, 7) is 1.56. The Morgan fingerprint density at radius 1 is 1.00 bits per heavy atom. The van der Waals surface area contributed by atoms with Crippen LogP contribution in [0.3, 0.4) is 0 Å². The van der Waals surface area contributed by atoms with Crippen LogP contribution in [0.4, 0.5) is 0 Å². The average molecular weight is 256 g/mol. The molecule has 3 heteroatoms. The second kappa shape index (κ2) is 5.67.